The Hall–Kier alpha value is -1.93. The van der Waals surface area contributed by atoms with Crippen molar-refractivity contribution in [2.45, 2.75) is 38.7 Å². The summed E-state index contributed by atoms with van der Waals surface area (Å²) in [5.41, 5.74) is 2.53. The molecule has 1 aromatic carbocycles. The molecule has 3 rings (SSSR count). The summed E-state index contributed by atoms with van der Waals surface area (Å²) in [6, 6.07) is 4.05. The van der Waals surface area contributed by atoms with Gasteiger partial charge in [-0.2, -0.15) is 13.2 Å². The minimum atomic E-state index is -4.64. The van der Waals surface area contributed by atoms with E-state index in [1.54, 1.807) is 6.07 Å². The first kappa shape index (κ1) is 15.6. The lowest BCUT2D eigenvalue weighted by Gasteiger charge is -2.31. The van der Waals surface area contributed by atoms with E-state index >= 15 is 0 Å². The molecule has 0 aromatic heterocycles. The monoisotopic (exact) mass is 346 g/mol. The Morgan fingerprint density at radius 2 is 2.04 bits per heavy atom. The molecule has 1 aromatic rings. The van der Waals surface area contributed by atoms with Gasteiger partial charge in [0, 0.05) is 30.7 Å². The van der Waals surface area contributed by atoms with Gasteiger partial charge in [0.2, 0.25) is 6.29 Å². The van der Waals surface area contributed by atoms with Crippen LogP contribution >= 0.6 is 0 Å². The summed E-state index contributed by atoms with van der Waals surface area (Å²) in [5, 5.41) is 6.85. The maximum atomic E-state index is 11.7. The summed E-state index contributed by atoms with van der Waals surface area (Å²) in [4.78, 5) is 20.4. The van der Waals surface area contributed by atoms with Crippen molar-refractivity contribution in [1.82, 2.24) is 10.6 Å². The highest BCUT2D eigenvalue weighted by molar-refractivity contribution is 5.93. The second kappa shape index (κ2) is 7.31. The summed E-state index contributed by atoms with van der Waals surface area (Å²) < 4.78 is 51.8. The van der Waals surface area contributed by atoms with Crippen molar-refractivity contribution in [3.8, 4) is 0 Å². The highest BCUT2D eigenvalue weighted by Crippen LogP contribution is 2.29. The number of carbonyl (C=O) groups is 2. The Kier molecular flexibility index (Phi) is 4.75. The Bertz CT molecular complexity index is 711. The summed E-state index contributed by atoms with van der Waals surface area (Å²) in [6.07, 6.45) is -5.70. The number of nitrogens with one attached hydrogen (secondary N) is 2. The van der Waals surface area contributed by atoms with Gasteiger partial charge in [-0.05, 0) is 31.0 Å². The Labute approximate surface area is 140 Å². The largest absolute Gasteiger partial charge is 0.457 e. The average molecular weight is 346 g/mol. The fourth-order valence-electron chi connectivity index (χ4n) is 2.66. The quantitative estimate of drug-likeness (QED) is 0.602. The van der Waals surface area contributed by atoms with Gasteiger partial charge >= 0.3 is 12.1 Å². The van der Waals surface area contributed by atoms with Gasteiger partial charge in [0.1, 0.15) is 6.56 Å². The molecular weight excluding hydrogens is 325 g/mol. The number of fused-ring (bicyclic) bond motifs is 1. The molecule has 132 valence electrons. The molecule has 2 aliphatic heterocycles. The molecule has 0 spiro atoms. The average Bonchev–Trinajstić information content (AvgIpc) is 2.77. The van der Waals surface area contributed by atoms with Gasteiger partial charge < -0.3 is 15.4 Å². The SMILES string of the molecule is O=CC(F)(F)F.[2H]C1([2H])OC(=O)c2ccc([C@@H]3CNC[C@H](C)N3)c(C)c21. The van der Waals surface area contributed by atoms with Crippen LogP contribution in [0.1, 0.15) is 42.8 Å². The number of rotatable bonds is 1. The predicted molar refractivity (Wildman–Crippen MR) is 80.6 cm³/mol. The molecule has 2 atom stereocenters. The molecular formula is C16H19F3N2O3. The highest BCUT2D eigenvalue weighted by Gasteiger charge is 2.27. The van der Waals surface area contributed by atoms with Crippen LogP contribution in [0.5, 0.6) is 0 Å². The maximum absolute atomic E-state index is 11.7. The Morgan fingerprint density at radius 3 is 2.62 bits per heavy atom. The molecule has 2 N–H and O–H groups in total. The van der Waals surface area contributed by atoms with E-state index in [1.165, 1.54) is 0 Å². The van der Waals surface area contributed by atoms with Crippen LogP contribution in [0.25, 0.3) is 0 Å². The number of benzene rings is 1. The highest BCUT2D eigenvalue weighted by atomic mass is 19.4. The van der Waals surface area contributed by atoms with Gasteiger partial charge in [-0.25, -0.2) is 4.79 Å². The van der Waals surface area contributed by atoms with Crippen molar-refractivity contribution in [3.05, 3.63) is 34.4 Å². The van der Waals surface area contributed by atoms with E-state index in [-0.39, 0.29) is 6.04 Å². The van der Waals surface area contributed by atoms with Gasteiger partial charge in [-0.3, -0.25) is 4.79 Å². The van der Waals surface area contributed by atoms with Crippen molar-refractivity contribution in [3.63, 3.8) is 0 Å². The van der Waals surface area contributed by atoms with Gasteiger partial charge in [0.15, 0.2) is 0 Å². The number of esters is 1. The van der Waals surface area contributed by atoms with E-state index in [2.05, 4.69) is 17.6 Å². The number of halogens is 3. The Balaban J connectivity index is 0.000000352. The molecule has 2 aliphatic rings. The summed E-state index contributed by atoms with van der Waals surface area (Å²) in [6.45, 7) is 3.65. The van der Waals surface area contributed by atoms with Crippen molar-refractivity contribution in [2.24, 2.45) is 0 Å². The fraction of sp³-hybridized carbons (Fsp3) is 0.500. The van der Waals surface area contributed by atoms with E-state index in [0.717, 1.165) is 24.2 Å². The van der Waals surface area contributed by atoms with E-state index in [0.29, 0.717) is 17.2 Å². The second-order valence-corrected chi connectivity index (χ2v) is 5.63. The van der Waals surface area contributed by atoms with Crippen LogP contribution in [0.4, 0.5) is 13.2 Å². The smallest absolute Gasteiger partial charge is 0.446 e. The number of cyclic esters (lactones) is 1. The van der Waals surface area contributed by atoms with Crippen LogP contribution < -0.4 is 10.6 Å². The third kappa shape index (κ3) is 4.33. The zero-order valence-corrected chi connectivity index (χ0v) is 13.2. The van der Waals surface area contributed by atoms with Gasteiger partial charge in [-0.1, -0.05) is 6.07 Å². The number of hydrogen-bond acceptors (Lipinski definition) is 5. The lowest BCUT2D eigenvalue weighted by molar-refractivity contribution is -0.156. The number of ether oxygens (including phenoxy) is 1. The lowest BCUT2D eigenvalue weighted by Crippen LogP contribution is -2.48. The molecule has 2 heterocycles. The molecule has 1 saturated heterocycles. The van der Waals surface area contributed by atoms with E-state index < -0.39 is 25.0 Å². The third-order valence-corrected chi connectivity index (χ3v) is 3.77. The molecule has 1 fully saturated rings. The molecule has 8 heteroatoms. The van der Waals surface area contributed by atoms with Crippen LogP contribution in [0.2, 0.25) is 0 Å². The van der Waals surface area contributed by atoms with Crippen molar-refractivity contribution >= 4 is 12.3 Å². The van der Waals surface area contributed by atoms with Gasteiger partial charge in [0.25, 0.3) is 0 Å². The maximum Gasteiger partial charge on any atom is 0.446 e. The second-order valence-electron chi connectivity index (χ2n) is 5.63. The molecule has 0 aliphatic carbocycles. The van der Waals surface area contributed by atoms with Crippen LogP contribution in [-0.4, -0.2) is 37.6 Å². The first-order valence-electron chi connectivity index (χ1n) is 8.33. The van der Waals surface area contributed by atoms with Crippen LogP contribution in [0.15, 0.2) is 12.1 Å². The summed E-state index contributed by atoms with van der Waals surface area (Å²) >= 11 is 0. The van der Waals surface area contributed by atoms with E-state index in [9.17, 15) is 18.0 Å². The lowest BCUT2D eigenvalue weighted by atomic mass is 9.93. The number of alkyl halides is 3. The number of hydrogen-bond donors (Lipinski definition) is 2. The molecule has 5 nitrogen and oxygen atoms in total. The minimum Gasteiger partial charge on any atom is -0.457 e. The van der Waals surface area contributed by atoms with E-state index in [1.807, 2.05) is 13.0 Å². The fourth-order valence-corrected chi connectivity index (χ4v) is 2.66. The third-order valence-electron chi connectivity index (χ3n) is 3.77. The van der Waals surface area contributed by atoms with Crippen LogP contribution in [0.3, 0.4) is 0 Å². The first-order valence-corrected chi connectivity index (χ1v) is 7.33. The topological polar surface area (TPSA) is 67.4 Å². The molecule has 0 amide bonds. The van der Waals surface area contributed by atoms with Gasteiger partial charge in [-0.15, -0.1) is 0 Å². The standard InChI is InChI=1S/C14H18N2O2.C2HF3O/c1-8-5-15-6-13(16-8)10-3-4-11-12(9(10)2)7-18-14(11)17;3-2(4,5)1-6/h3-4,8,13,15-16H,5-7H2,1-2H3;1H/t8-,13-;/m0./s1/i7D2;. The van der Waals surface area contributed by atoms with Crippen LogP contribution in [-0.2, 0) is 16.1 Å². The van der Waals surface area contributed by atoms with Crippen LogP contribution in [0, 0.1) is 6.92 Å². The van der Waals surface area contributed by atoms with Crippen molar-refractivity contribution in [2.75, 3.05) is 13.1 Å². The first-order chi connectivity index (χ1) is 12.0. The normalized spacial score (nSPS) is 26.3. The molecule has 0 bridgehead atoms. The minimum absolute atomic E-state index is 0.121. The van der Waals surface area contributed by atoms with E-state index in [4.69, 9.17) is 12.3 Å². The molecule has 0 unspecified atom stereocenters. The van der Waals surface area contributed by atoms with Gasteiger partial charge in [0.05, 0.1) is 8.30 Å². The van der Waals surface area contributed by atoms with Crippen molar-refractivity contribution in [1.29, 1.82) is 0 Å². The summed E-state index contributed by atoms with van der Waals surface area (Å²) in [7, 11) is 0. The molecule has 24 heavy (non-hydrogen) atoms. The number of carbonyl (C=O) groups excluding carboxylic acids is 2. The Morgan fingerprint density at radius 1 is 1.38 bits per heavy atom. The predicted octanol–water partition coefficient (Wildman–Crippen LogP) is 2.04. The zero-order chi connectivity index (χ0) is 19.7. The zero-order valence-electron chi connectivity index (χ0n) is 15.2. The van der Waals surface area contributed by atoms with Crippen molar-refractivity contribution < 1.29 is 30.2 Å². The molecule has 0 saturated carbocycles. The molecule has 0 radical (unpaired) electrons. The number of aldehydes is 1. The number of piperazine rings is 1. The summed E-state index contributed by atoms with van der Waals surface area (Å²) in [5.74, 6) is -0.581.